The summed E-state index contributed by atoms with van der Waals surface area (Å²) in [6.45, 7) is 8.86. The first-order chi connectivity index (χ1) is 10.7. The number of nitrogens with zero attached hydrogens (tertiary/aromatic N) is 2. The fourth-order valence-corrected chi connectivity index (χ4v) is 2.43. The Morgan fingerprint density at radius 3 is 2.61 bits per heavy atom. The number of carboxylic acids is 1. The molecule has 0 radical (unpaired) electrons. The monoisotopic (exact) mass is 324 g/mol. The van der Waals surface area contributed by atoms with E-state index in [0.29, 0.717) is 31.9 Å². The van der Waals surface area contributed by atoms with E-state index >= 15 is 0 Å². The first-order valence-corrected chi connectivity index (χ1v) is 7.75. The van der Waals surface area contributed by atoms with E-state index in [1.54, 1.807) is 11.0 Å². The molecule has 0 saturated carbocycles. The van der Waals surface area contributed by atoms with E-state index in [2.05, 4.69) is 4.90 Å². The lowest BCUT2D eigenvalue weighted by molar-refractivity contribution is 0.0257. The molecule has 0 atom stereocenters. The molecule has 128 valence electrons. The molecule has 1 fully saturated rings. The second-order valence-corrected chi connectivity index (χ2v) is 6.70. The van der Waals surface area contributed by atoms with Gasteiger partial charge in [0.05, 0.1) is 12.1 Å². The number of carbonyl (C=O) groups is 2. The summed E-state index contributed by atoms with van der Waals surface area (Å²) in [6, 6.07) is 1.54. The molecular weight excluding hydrogens is 300 g/mol. The summed E-state index contributed by atoms with van der Waals surface area (Å²) in [4.78, 5) is 26.8. The molecule has 2 heterocycles. The van der Waals surface area contributed by atoms with Gasteiger partial charge < -0.3 is 19.2 Å². The lowest BCUT2D eigenvalue weighted by atomic mass is 10.2. The topological polar surface area (TPSA) is 83.2 Å². The Morgan fingerprint density at radius 1 is 1.26 bits per heavy atom. The Labute approximate surface area is 135 Å². The summed E-state index contributed by atoms with van der Waals surface area (Å²) in [7, 11) is 0. The van der Waals surface area contributed by atoms with Crippen LogP contribution in [-0.4, -0.2) is 58.7 Å². The van der Waals surface area contributed by atoms with Crippen LogP contribution >= 0.6 is 0 Å². The number of hydrogen-bond donors (Lipinski definition) is 1. The highest BCUT2D eigenvalue weighted by Crippen LogP contribution is 2.15. The van der Waals surface area contributed by atoms with Crippen LogP contribution in [0.2, 0.25) is 0 Å². The Bertz CT molecular complexity index is 561. The van der Waals surface area contributed by atoms with Crippen molar-refractivity contribution in [2.45, 2.75) is 39.3 Å². The number of carboxylic acid groups (broad SMARTS) is 1. The summed E-state index contributed by atoms with van der Waals surface area (Å²) < 4.78 is 10.7. The van der Waals surface area contributed by atoms with Gasteiger partial charge in [-0.05, 0) is 33.3 Å². The molecule has 0 aliphatic carbocycles. The molecule has 1 aromatic rings. The molecule has 1 aliphatic heterocycles. The summed E-state index contributed by atoms with van der Waals surface area (Å²) >= 11 is 0. The molecule has 1 saturated heterocycles. The van der Waals surface area contributed by atoms with Crippen LogP contribution in [0.15, 0.2) is 16.7 Å². The Hall–Kier alpha value is -2.02. The predicted octanol–water partition coefficient (Wildman–Crippen LogP) is 2.42. The number of rotatable bonds is 3. The van der Waals surface area contributed by atoms with Crippen LogP contribution < -0.4 is 0 Å². The Morgan fingerprint density at radius 2 is 2.00 bits per heavy atom. The predicted molar refractivity (Wildman–Crippen MR) is 83.4 cm³/mol. The van der Waals surface area contributed by atoms with Gasteiger partial charge in [-0.3, -0.25) is 4.90 Å². The summed E-state index contributed by atoms with van der Waals surface area (Å²) in [6.07, 6.45) is 1.80. The number of hydrogen-bond acceptors (Lipinski definition) is 5. The normalized spacial score (nSPS) is 16.9. The van der Waals surface area contributed by atoms with Gasteiger partial charge in [0.15, 0.2) is 0 Å². The smallest absolute Gasteiger partial charge is 0.410 e. The van der Waals surface area contributed by atoms with E-state index < -0.39 is 11.6 Å². The lowest BCUT2D eigenvalue weighted by Gasteiger charge is -2.26. The number of amides is 1. The van der Waals surface area contributed by atoms with Gasteiger partial charge in [0, 0.05) is 26.2 Å². The van der Waals surface area contributed by atoms with E-state index in [9.17, 15) is 9.59 Å². The highest BCUT2D eigenvalue weighted by Gasteiger charge is 2.24. The molecular formula is C16H24N2O5. The number of carbonyl (C=O) groups excluding carboxylic acids is 1. The van der Waals surface area contributed by atoms with Crippen LogP contribution in [0.4, 0.5) is 4.79 Å². The third kappa shape index (κ3) is 5.28. The van der Waals surface area contributed by atoms with E-state index in [0.717, 1.165) is 13.0 Å². The van der Waals surface area contributed by atoms with Crippen LogP contribution in [0.25, 0.3) is 0 Å². The molecule has 1 N–H and O–H groups in total. The van der Waals surface area contributed by atoms with Crippen molar-refractivity contribution in [3.8, 4) is 0 Å². The molecule has 7 heteroatoms. The van der Waals surface area contributed by atoms with Gasteiger partial charge in [-0.2, -0.15) is 0 Å². The first kappa shape index (κ1) is 17.3. The van der Waals surface area contributed by atoms with Gasteiger partial charge in [-0.25, -0.2) is 9.59 Å². The van der Waals surface area contributed by atoms with Crippen LogP contribution in [0.5, 0.6) is 0 Å². The van der Waals surface area contributed by atoms with E-state index in [-0.39, 0.29) is 11.7 Å². The number of furan rings is 1. The molecule has 0 spiro atoms. The summed E-state index contributed by atoms with van der Waals surface area (Å²) in [5, 5.41) is 8.91. The summed E-state index contributed by atoms with van der Waals surface area (Å²) in [5.41, 5.74) is -0.338. The highest BCUT2D eigenvalue weighted by atomic mass is 16.6. The Balaban J connectivity index is 1.88. The largest absolute Gasteiger partial charge is 0.478 e. The number of aromatic carboxylic acids is 1. The lowest BCUT2D eigenvalue weighted by Crippen LogP contribution is -2.39. The van der Waals surface area contributed by atoms with Gasteiger partial charge >= 0.3 is 12.1 Å². The van der Waals surface area contributed by atoms with Crippen LogP contribution in [0.1, 0.15) is 43.3 Å². The quantitative estimate of drug-likeness (QED) is 0.919. The van der Waals surface area contributed by atoms with Gasteiger partial charge in [-0.1, -0.05) is 0 Å². The maximum absolute atomic E-state index is 12.1. The van der Waals surface area contributed by atoms with E-state index in [1.807, 2.05) is 20.8 Å². The molecule has 1 aromatic heterocycles. The van der Waals surface area contributed by atoms with Crippen molar-refractivity contribution >= 4 is 12.1 Å². The second-order valence-electron chi connectivity index (χ2n) is 6.70. The zero-order valence-corrected chi connectivity index (χ0v) is 13.9. The van der Waals surface area contributed by atoms with Crippen molar-refractivity contribution in [3.63, 3.8) is 0 Å². The maximum Gasteiger partial charge on any atom is 0.410 e. The van der Waals surface area contributed by atoms with Crippen molar-refractivity contribution in [3.05, 3.63) is 23.7 Å². The SMILES string of the molecule is CC(C)(C)OC(=O)N1CCCN(Cc2cc(C(=O)O)co2)CC1. The molecule has 23 heavy (non-hydrogen) atoms. The molecule has 2 rings (SSSR count). The zero-order chi connectivity index (χ0) is 17.0. The third-order valence-corrected chi connectivity index (χ3v) is 3.52. The molecule has 0 bridgehead atoms. The van der Waals surface area contributed by atoms with Crippen molar-refractivity contribution in [2.75, 3.05) is 26.2 Å². The van der Waals surface area contributed by atoms with Crippen molar-refractivity contribution < 1.29 is 23.8 Å². The molecule has 1 amide bonds. The molecule has 7 nitrogen and oxygen atoms in total. The fraction of sp³-hybridized carbons (Fsp3) is 0.625. The van der Waals surface area contributed by atoms with Crippen molar-refractivity contribution in [1.82, 2.24) is 9.80 Å². The standard InChI is InChI=1S/C16H24N2O5/c1-16(2,3)23-15(21)18-6-4-5-17(7-8-18)10-13-9-12(11-22-13)14(19)20/h9,11H,4-8,10H2,1-3H3,(H,19,20). The minimum absolute atomic E-state index is 0.158. The Kier molecular flexibility index (Phi) is 5.30. The van der Waals surface area contributed by atoms with Gasteiger partial charge in [0.1, 0.15) is 17.6 Å². The van der Waals surface area contributed by atoms with Crippen LogP contribution in [0, 0.1) is 0 Å². The average Bonchev–Trinajstić information content (AvgIpc) is 2.76. The fourth-order valence-electron chi connectivity index (χ4n) is 2.43. The number of ether oxygens (including phenoxy) is 1. The molecule has 0 aromatic carbocycles. The van der Waals surface area contributed by atoms with E-state index in [4.69, 9.17) is 14.3 Å². The van der Waals surface area contributed by atoms with Crippen molar-refractivity contribution in [2.24, 2.45) is 0 Å². The average molecular weight is 324 g/mol. The minimum Gasteiger partial charge on any atom is -0.478 e. The van der Waals surface area contributed by atoms with Crippen LogP contribution in [-0.2, 0) is 11.3 Å². The van der Waals surface area contributed by atoms with Gasteiger partial charge in [0.25, 0.3) is 0 Å². The van der Waals surface area contributed by atoms with Crippen LogP contribution in [0.3, 0.4) is 0 Å². The van der Waals surface area contributed by atoms with Crippen molar-refractivity contribution in [1.29, 1.82) is 0 Å². The highest BCUT2D eigenvalue weighted by molar-refractivity contribution is 5.87. The first-order valence-electron chi connectivity index (χ1n) is 7.75. The maximum atomic E-state index is 12.1. The minimum atomic E-state index is -0.994. The zero-order valence-electron chi connectivity index (χ0n) is 13.9. The second kappa shape index (κ2) is 7.04. The summed E-state index contributed by atoms with van der Waals surface area (Å²) in [5.74, 6) is -0.375. The van der Waals surface area contributed by atoms with Gasteiger partial charge in [-0.15, -0.1) is 0 Å². The van der Waals surface area contributed by atoms with Gasteiger partial charge in [0.2, 0.25) is 0 Å². The molecule has 1 aliphatic rings. The van der Waals surface area contributed by atoms with E-state index in [1.165, 1.54) is 6.26 Å². The third-order valence-electron chi connectivity index (χ3n) is 3.52. The molecule has 0 unspecified atom stereocenters.